The van der Waals surface area contributed by atoms with Crippen LogP contribution in [0, 0.1) is 0 Å². The van der Waals surface area contributed by atoms with Gasteiger partial charge in [0.25, 0.3) is 0 Å². The number of carbonyl (C=O) groups is 1. The summed E-state index contributed by atoms with van der Waals surface area (Å²) in [5.74, 6) is -0.903. The molecule has 0 heterocycles. The second kappa shape index (κ2) is 31.6. The monoisotopic (exact) mass is 526 g/mol. The molecule has 3 heteroatoms. The van der Waals surface area contributed by atoms with Crippen molar-refractivity contribution in [3.8, 4) is 0 Å². The molecular formula is C34H71NO2. The number of hydrogen-bond acceptors (Lipinski definition) is 2. The van der Waals surface area contributed by atoms with E-state index in [4.69, 9.17) is 0 Å². The smallest absolute Gasteiger partial charge is 0.0782 e. The van der Waals surface area contributed by atoms with E-state index in [1.807, 2.05) is 0 Å². The van der Waals surface area contributed by atoms with Gasteiger partial charge in [-0.1, -0.05) is 155 Å². The Balaban J connectivity index is 0. The molecule has 0 aromatic rings. The predicted octanol–water partition coefficient (Wildman–Crippen LogP) is 10.0. The van der Waals surface area contributed by atoms with Gasteiger partial charge in [0.15, 0.2) is 0 Å². The first-order chi connectivity index (χ1) is 17.9. The van der Waals surface area contributed by atoms with Crippen LogP contribution >= 0.6 is 0 Å². The SMILES string of the molecule is CCCCCCCCCCCCCCCCCC(=O)[O-].CCCCCCCCCCCC[N+](C)(C)CC. The Morgan fingerprint density at radius 1 is 0.459 bits per heavy atom. The van der Waals surface area contributed by atoms with E-state index in [9.17, 15) is 9.90 Å². The lowest BCUT2D eigenvalue weighted by Gasteiger charge is -2.28. The van der Waals surface area contributed by atoms with E-state index < -0.39 is 5.97 Å². The molecule has 224 valence electrons. The molecule has 0 aliphatic carbocycles. The molecule has 0 aliphatic rings. The quantitative estimate of drug-likeness (QED) is 0.0753. The van der Waals surface area contributed by atoms with Crippen molar-refractivity contribution in [3.05, 3.63) is 0 Å². The number of aliphatic carboxylic acids is 1. The van der Waals surface area contributed by atoms with Crippen LogP contribution in [0.5, 0.6) is 0 Å². The van der Waals surface area contributed by atoms with Crippen LogP contribution in [0.25, 0.3) is 0 Å². The largest absolute Gasteiger partial charge is 0.550 e. The second-order valence-electron chi connectivity index (χ2n) is 12.2. The first-order valence-corrected chi connectivity index (χ1v) is 16.9. The van der Waals surface area contributed by atoms with E-state index in [0.717, 1.165) is 12.8 Å². The normalized spacial score (nSPS) is 11.4. The summed E-state index contributed by atoms with van der Waals surface area (Å²) in [7, 11) is 4.68. The third kappa shape index (κ3) is 37.6. The van der Waals surface area contributed by atoms with Gasteiger partial charge in [-0.15, -0.1) is 0 Å². The summed E-state index contributed by atoms with van der Waals surface area (Å²) in [6.07, 6.45) is 34.3. The van der Waals surface area contributed by atoms with Crippen LogP contribution in [-0.2, 0) is 4.79 Å². The summed E-state index contributed by atoms with van der Waals surface area (Å²) in [5, 5.41) is 10.2. The van der Waals surface area contributed by atoms with Gasteiger partial charge in [0.05, 0.1) is 27.2 Å². The lowest BCUT2D eigenvalue weighted by atomic mass is 10.0. The molecule has 0 N–H and O–H groups in total. The first-order valence-electron chi connectivity index (χ1n) is 16.9. The number of carboxylic acid groups (broad SMARTS) is 1. The maximum absolute atomic E-state index is 10.2. The van der Waals surface area contributed by atoms with Gasteiger partial charge < -0.3 is 14.4 Å². The molecule has 0 fully saturated rings. The summed E-state index contributed by atoms with van der Waals surface area (Å²) in [6.45, 7) is 9.46. The van der Waals surface area contributed by atoms with Crippen LogP contribution in [-0.4, -0.2) is 37.6 Å². The van der Waals surface area contributed by atoms with E-state index in [0.29, 0.717) is 0 Å². The highest BCUT2D eigenvalue weighted by atomic mass is 16.4. The molecule has 0 radical (unpaired) electrons. The highest BCUT2D eigenvalue weighted by Gasteiger charge is 2.09. The summed E-state index contributed by atoms with van der Waals surface area (Å²) in [4.78, 5) is 10.2. The van der Waals surface area contributed by atoms with Gasteiger partial charge in [-0.3, -0.25) is 0 Å². The average molecular weight is 526 g/mol. The Labute approximate surface area is 235 Å². The zero-order valence-corrected chi connectivity index (χ0v) is 26.6. The molecule has 0 amide bonds. The zero-order valence-electron chi connectivity index (χ0n) is 26.6. The number of quaternary nitrogens is 1. The highest BCUT2D eigenvalue weighted by Crippen LogP contribution is 2.14. The predicted molar refractivity (Wildman–Crippen MR) is 164 cm³/mol. The maximum atomic E-state index is 10.2. The van der Waals surface area contributed by atoms with Gasteiger partial charge >= 0.3 is 0 Å². The number of hydrogen-bond donors (Lipinski definition) is 0. The van der Waals surface area contributed by atoms with Gasteiger partial charge in [-0.05, 0) is 32.6 Å². The van der Waals surface area contributed by atoms with Gasteiger partial charge in [-0.2, -0.15) is 0 Å². The van der Waals surface area contributed by atoms with Crippen molar-refractivity contribution in [2.45, 2.75) is 188 Å². The minimum atomic E-state index is -0.903. The lowest BCUT2D eigenvalue weighted by Crippen LogP contribution is -2.39. The van der Waals surface area contributed by atoms with Crippen LogP contribution < -0.4 is 5.11 Å². The summed E-state index contributed by atoms with van der Waals surface area (Å²) >= 11 is 0. The number of carbonyl (C=O) groups excluding carboxylic acids is 1. The number of rotatable bonds is 28. The van der Waals surface area contributed by atoms with Crippen LogP contribution in [0.15, 0.2) is 0 Å². The van der Waals surface area contributed by atoms with Crippen LogP contribution in [0.4, 0.5) is 0 Å². The number of carboxylic acids is 1. The molecular weight excluding hydrogens is 454 g/mol. The van der Waals surface area contributed by atoms with E-state index in [1.54, 1.807) is 0 Å². The Hall–Kier alpha value is -0.570. The van der Waals surface area contributed by atoms with Crippen molar-refractivity contribution < 1.29 is 14.4 Å². The Morgan fingerprint density at radius 2 is 0.730 bits per heavy atom. The molecule has 0 aliphatic heterocycles. The minimum absolute atomic E-state index is 0.234. The molecule has 0 saturated heterocycles. The fourth-order valence-corrected chi connectivity index (χ4v) is 4.83. The maximum Gasteiger partial charge on any atom is 0.0782 e. The first kappa shape index (κ1) is 38.6. The molecule has 0 unspecified atom stereocenters. The average Bonchev–Trinajstić information content (AvgIpc) is 2.87. The fourth-order valence-electron chi connectivity index (χ4n) is 4.83. The third-order valence-electron chi connectivity index (χ3n) is 7.96. The van der Waals surface area contributed by atoms with Gasteiger partial charge in [0, 0.05) is 5.97 Å². The van der Waals surface area contributed by atoms with E-state index in [2.05, 4.69) is 34.9 Å². The van der Waals surface area contributed by atoms with Crippen LogP contribution in [0.2, 0.25) is 0 Å². The summed E-state index contributed by atoms with van der Waals surface area (Å²) in [5.41, 5.74) is 0. The topological polar surface area (TPSA) is 40.1 Å². The third-order valence-corrected chi connectivity index (χ3v) is 7.96. The van der Waals surface area contributed by atoms with Crippen molar-refractivity contribution in [2.75, 3.05) is 27.2 Å². The molecule has 0 rings (SSSR count). The second-order valence-corrected chi connectivity index (χ2v) is 12.2. The molecule has 0 spiro atoms. The van der Waals surface area contributed by atoms with Crippen molar-refractivity contribution in [1.29, 1.82) is 0 Å². The van der Waals surface area contributed by atoms with Gasteiger partial charge in [0.1, 0.15) is 0 Å². The molecule has 0 bridgehead atoms. The van der Waals surface area contributed by atoms with Crippen LogP contribution in [0.1, 0.15) is 188 Å². The molecule has 3 nitrogen and oxygen atoms in total. The molecule has 0 aromatic carbocycles. The van der Waals surface area contributed by atoms with E-state index in [1.165, 1.54) is 165 Å². The van der Waals surface area contributed by atoms with Crippen LogP contribution in [0.3, 0.4) is 0 Å². The Bertz CT molecular complexity index is 436. The van der Waals surface area contributed by atoms with Gasteiger partial charge in [-0.25, -0.2) is 0 Å². The van der Waals surface area contributed by atoms with Crippen molar-refractivity contribution in [1.82, 2.24) is 0 Å². The Morgan fingerprint density at radius 3 is 1.00 bits per heavy atom. The highest BCUT2D eigenvalue weighted by molar-refractivity contribution is 5.64. The fraction of sp³-hybridized carbons (Fsp3) is 0.971. The number of nitrogens with zero attached hydrogens (tertiary/aromatic N) is 1. The minimum Gasteiger partial charge on any atom is -0.550 e. The standard InChI is InChI=1S/C18H36O2.C16H36N/c1-2-3-4-5-6-7-8-9-10-11-12-13-14-15-16-17-18(19)20;1-5-7-8-9-10-11-12-13-14-15-16-17(3,4)6-2/h2-17H2,1H3,(H,19,20);5-16H2,1-4H3/q;+1/p-1. The molecule has 37 heavy (non-hydrogen) atoms. The number of unbranched alkanes of at least 4 members (excludes halogenated alkanes) is 23. The van der Waals surface area contributed by atoms with Gasteiger partial charge in [0.2, 0.25) is 0 Å². The van der Waals surface area contributed by atoms with Crippen molar-refractivity contribution >= 4 is 5.97 Å². The summed E-state index contributed by atoms with van der Waals surface area (Å²) in [6, 6.07) is 0. The van der Waals surface area contributed by atoms with Crippen molar-refractivity contribution in [3.63, 3.8) is 0 Å². The molecule has 0 saturated carbocycles. The van der Waals surface area contributed by atoms with Crippen molar-refractivity contribution in [2.24, 2.45) is 0 Å². The Kier molecular flexibility index (Phi) is 33.0. The zero-order chi connectivity index (χ0) is 27.9. The van der Waals surface area contributed by atoms with E-state index >= 15 is 0 Å². The molecule has 0 atom stereocenters. The lowest BCUT2D eigenvalue weighted by molar-refractivity contribution is -0.888. The van der Waals surface area contributed by atoms with E-state index in [-0.39, 0.29) is 6.42 Å². The molecule has 0 aromatic heterocycles. The summed E-state index contributed by atoms with van der Waals surface area (Å²) < 4.78 is 1.19.